The van der Waals surface area contributed by atoms with Crippen molar-refractivity contribution in [1.82, 2.24) is 24.4 Å². The predicted octanol–water partition coefficient (Wildman–Crippen LogP) is 2.20. The van der Waals surface area contributed by atoms with Crippen molar-refractivity contribution in [3.05, 3.63) is 34.8 Å². The lowest BCUT2D eigenvalue weighted by atomic mass is 9.90. The minimum Gasteiger partial charge on any atom is -0.465 e. The molecule has 0 radical (unpaired) electrons. The number of nitrogens with two attached hydrogens (primary N) is 1. The highest BCUT2D eigenvalue weighted by atomic mass is 19.1. The number of anilines is 2. The molecule has 0 saturated carbocycles. The summed E-state index contributed by atoms with van der Waals surface area (Å²) in [6, 6.07) is -0.439. The number of carbonyl (C=O) groups is 2. The van der Waals surface area contributed by atoms with Gasteiger partial charge in [0, 0.05) is 39.5 Å². The lowest BCUT2D eigenvalue weighted by molar-refractivity contribution is -0.118. The van der Waals surface area contributed by atoms with Crippen LogP contribution in [0.3, 0.4) is 0 Å². The van der Waals surface area contributed by atoms with Gasteiger partial charge in [-0.3, -0.25) is 9.69 Å². The molecule has 7 rings (SSSR count). The molecule has 5 heterocycles. The number of nitrogens with one attached hydrogen (secondary N) is 1. The molecule has 14 heteroatoms. The number of amides is 2. The molecule has 1 unspecified atom stereocenters. The number of aryl methyl sites for hydroxylation is 1. The van der Waals surface area contributed by atoms with Gasteiger partial charge in [0.25, 0.3) is 11.8 Å². The Balaban J connectivity index is 1.01. The van der Waals surface area contributed by atoms with Crippen molar-refractivity contribution in [1.29, 1.82) is 0 Å². The molecule has 2 aromatic heterocycles. The number of rotatable bonds is 4. The molecule has 2 saturated heterocycles. The van der Waals surface area contributed by atoms with Gasteiger partial charge in [-0.1, -0.05) is 0 Å². The largest absolute Gasteiger partial charge is 0.465 e. The summed E-state index contributed by atoms with van der Waals surface area (Å²) < 4.78 is 43.7. The minimum absolute atomic E-state index is 0.0442. The summed E-state index contributed by atoms with van der Waals surface area (Å²) in [5, 5.41) is 2.60. The van der Waals surface area contributed by atoms with E-state index >= 15 is 8.78 Å². The van der Waals surface area contributed by atoms with Crippen LogP contribution in [0.25, 0.3) is 11.0 Å². The van der Waals surface area contributed by atoms with Gasteiger partial charge >= 0.3 is 6.09 Å². The molecule has 4 aliphatic rings. The third kappa shape index (κ3) is 4.19. The average molecular weight is 569 g/mol. The van der Waals surface area contributed by atoms with E-state index in [9.17, 15) is 9.59 Å². The van der Waals surface area contributed by atoms with Gasteiger partial charge in [0.2, 0.25) is 0 Å². The Labute approximate surface area is 233 Å². The normalized spacial score (nSPS) is 22.5. The first-order valence-corrected chi connectivity index (χ1v) is 13.8. The second-order valence-electron chi connectivity index (χ2n) is 11.5. The zero-order valence-corrected chi connectivity index (χ0v) is 22.7. The van der Waals surface area contributed by atoms with Crippen molar-refractivity contribution in [2.45, 2.75) is 44.2 Å². The summed E-state index contributed by atoms with van der Waals surface area (Å²) in [6.07, 6.45) is 3.04. The molecule has 2 amide bonds. The third-order valence-corrected chi connectivity index (χ3v) is 8.69. The van der Waals surface area contributed by atoms with Crippen LogP contribution >= 0.6 is 0 Å². The maximum atomic E-state index is 15.6. The van der Waals surface area contributed by atoms with Crippen molar-refractivity contribution < 1.29 is 27.8 Å². The van der Waals surface area contributed by atoms with Crippen LogP contribution in [0.1, 0.15) is 42.8 Å². The first kappa shape index (κ1) is 26.0. The number of hydrogen-bond acceptors (Lipinski definition) is 9. The fraction of sp³-hybridized carbons (Fsp3) is 0.519. The van der Waals surface area contributed by atoms with Crippen LogP contribution < -0.4 is 20.7 Å². The fourth-order valence-corrected chi connectivity index (χ4v) is 6.64. The Morgan fingerprint density at radius 3 is 2.63 bits per heavy atom. The number of hydrogen-bond donors (Lipinski definition) is 2. The number of halogens is 2. The molecular formula is C27H30F2N8O4. The van der Waals surface area contributed by atoms with Crippen molar-refractivity contribution >= 4 is 34.7 Å². The smallest absolute Gasteiger partial charge is 0.416 e. The maximum absolute atomic E-state index is 15.6. The van der Waals surface area contributed by atoms with Crippen LogP contribution in [0.15, 0.2) is 6.20 Å². The number of imidazole rings is 1. The van der Waals surface area contributed by atoms with E-state index in [-0.39, 0.29) is 47.0 Å². The van der Waals surface area contributed by atoms with Crippen LogP contribution in [0, 0.1) is 17.6 Å². The molecule has 0 bridgehead atoms. The van der Waals surface area contributed by atoms with Gasteiger partial charge in [-0.15, -0.1) is 0 Å². The fourth-order valence-electron chi connectivity index (χ4n) is 6.64. The first-order chi connectivity index (χ1) is 19.6. The molecule has 1 aliphatic carbocycles. The molecule has 3 aliphatic heterocycles. The topological polar surface area (TPSA) is 141 Å². The van der Waals surface area contributed by atoms with E-state index in [1.54, 1.807) is 18.5 Å². The Bertz CT molecular complexity index is 1600. The van der Waals surface area contributed by atoms with Gasteiger partial charge in [-0.2, -0.15) is 0 Å². The van der Waals surface area contributed by atoms with Crippen LogP contribution in [-0.4, -0.2) is 74.8 Å². The molecule has 1 aromatic carbocycles. The average Bonchev–Trinajstić information content (AvgIpc) is 3.62. The minimum atomic E-state index is -0.664. The van der Waals surface area contributed by atoms with Gasteiger partial charge in [0.1, 0.15) is 22.5 Å². The quantitative estimate of drug-likeness (QED) is 0.485. The summed E-state index contributed by atoms with van der Waals surface area (Å²) in [5.74, 6) is -0.0251. The molecule has 2 fully saturated rings. The summed E-state index contributed by atoms with van der Waals surface area (Å²) in [7, 11) is 1.67. The molecule has 2 atom stereocenters. The number of likely N-dealkylation sites (tertiary alicyclic amines) is 1. The molecule has 41 heavy (non-hydrogen) atoms. The molecule has 1 spiro atoms. The Hall–Kier alpha value is -3.91. The van der Waals surface area contributed by atoms with Gasteiger partial charge in [0.05, 0.1) is 18.8 Å². The second-order valence-corrected chi connectivity index (χ2v) is 11.5. The van der Waals surface area contributed by atoms with Crippen molar-refractivity contribution in [3.63, 3.8) is 0 Å². The zero-order valence-electron chi connectivity index (χ0n) is 22.7. The molecule has 216 valence electrons. The number of fused-ring (bicyclic) bond motifs is 3. The van der Waals surface area contributed by atoms with E-state index in [1.807, 2.05) is 0 Å². The van der Waals surface area contributed by atoms with E-state index < -0.39 is 29.4 Å². The van der Waals surface area contributed by atoms with Crippen molar-refractivity contribution in [2.24, 2.45) is 18.7 Å². The standard InChI is InChI=1S/C27H30F2N8O4/c1-13(30)24-34-21-19(28)15-7-14(8-16(15)20(29)22(21)35(24)2)10-36-5-3-27(4-6-36)12-37(26(39)41-27)17-9-31-25-23(32-17)33-18(38)11-40-25/h9,13-14H,3-8,10-12,30H2,1-2H3,(H,32,33,38)/t13-,14?/m1/s1. The second kappa shape index (κ2) is 9.31. The molecule has 3 aromatic rings. The highest BCUT2D eigenvalue weighted by Crippen LogP contribution is 2.39. The monoisotopic (exact) mass is 568 g/mol. The number of nitrogens with zero attached hydrogens (tertiary/aromatic N) is 6. The van der Waals surface area contributed by atoms with Crippen LogP contribution in [-0.2, 0) is 29.4 Å². The molecule has 12 nitrogen and oxygen atoms in total. The Morgan fingerprint density at radius 2 is 1.90 bits per heavy atom. The van der Waals surface area contributed by atoms with E-state index in [0.29, 0.717) is 68.8 Å². The van der Waals surface area contributed by atoms with Gasteiger partial charge in [-0.25, -0.2) is 28.5 Å². The summed E-state index contributed by atoms with van der Waals surface area (Å²) in [5.41, 5.74) is 6.35. The number of aromatic nitrogens is 4. The van der Waals surface area contributed by atoms with Gasteiger partial charge in [0.15, 0.2) is 29.9 Å². The predicted molar refractivity (Wildman–Crippen MR) is 143 cm³/mol. The first-order valence-electron chi connectivity index (χ1n) is 13.8. The number of carbonyl (C=O) groups excluding carboxylic acids is 2. The van der Waals surface area contributed by atoms with Crippen LogP contribution in [0.5, 0.6) is 5.88 Å². The number of ether oxygens (including phenoxy) is 2. The highest BCUT2D eigenvalue weighted by molar-refractivity contribution is 5.95. The van der Waals surface area contributed by atoms with Crippen molar-refractivity contribution in [2.75, 3.05) is 43.0 Å². The van der Waals surface area contributed by atoms with Crippen molar-refractivity contribution in [3.8, 4) is 5.88 Å². The summed E-state index contributed by atoms with van der Waals surface area (Å²) >= 11 is 0. The number of piperidine rings is 1. The SMILES string of the molecule is C[C@@H](N)c1nc2c(F)c3c(c(F)c2n1C)CC(CN1CCC2(CC1)CN(c1cnc4c(n1)NC(=O)CO4)C(=O)O2)C3. The third-order valence-electron chi connectivity index (χ3n) is 8.69. The summed E-state index contributed by atoms with van der Waals surface area (Å²) in [6.45, 7) is 3.97. The van der Waals surface area contributed by atoms with Gasteiger partial charge < -0.3 is 30.0 Å². The van der Waals surface area contributed by atoms with Crippen LogP contribution in [0.2, 0.25) is 0 Å². The van der Waals surface area contributed by atoms with Gasteiger partial charge in [-0.05, 0) is 36.8 Å². The van der Waals surface area contributed by atoms with E-state index in [1.165, 1.54) is 11.1 Å². The highest BCUT2D eigenvalue weighted by Gasteiger charge is 2.48. The summed E-state index contributed by atoms with van der Waals surface area (Å²) in [4.78, 5) is 41.0. The van der Waals surface area contributed by atoms with Crippen LogP contribution in [0.4, 0.5) is 25.2 Å². The Kier molecular flexibility index (Phi) is 5.91. The molecular weight excluding hydrogens is 538 g/mol. The number of benzene rings is 1. The van der Waals surface area contributed by atoms with E-state index in [4.69, 9.17) is 15.2 Å². The van der Waals surface area contributed by atoms with E-state index in [0.717, 1.165) is 0 Å². The Morgan fingerprint density at radius 1 is 1.17 bits per heavy atom. The lowest BCUT2D eigenvalue weighted by Crippen LogP contribution is -2.48. The zero-order chi connectivity index (χ0) is 28.6. The molecule has 3 N–H and O–H groups in total. The maximum Gasteiger partial charge on any atom is 0.416 e. The van der Waals surface area contributed by atoms with E-state index in [2.05, 4.69) is 25.2 Å². The lowest BCUT2D eigenvalue weighted by Gasteiger charge is -2.38.